The number of halogens is 3. The van der Waals surface area contributed by atoms with Crippen LogP contribution in [-0.2, 0) is 21.0 Å². The first-order valence-corrected chi connectivity index (χ1v) is 11.6. The van der Waals surface area contributed by atoms with Gasteiger partial charge in [0.1, 0.15) is 0 Å². The number of alkyl halides is 3. The number of nitrogens with one attached hydrogen (secondary N) is 4. The molecule has 0 saturated carbocycles. The first-order chi connectivity index (χ1) is 16.3. The summed E-state index contributed by atoms with van der Waals surface area (Å²) < 4.78 is 66.9. The van der Waals surface area contributed by atoms with Gasteiger partial charge in [-0.1, -0.05) is 12.1 Å². The molecule has 0 bridgehead atoms. The second kappa shape index (κ2) is 10.1. The molecule has 0 aromatic heterocycles. The van der Waals surface area contributed by atoms with Crippen molar-refractivity contribution in [3.63, 3.8) is 0 Å². The fraction of sp³-hybridized carbons (Fsp3) is 0.130. The van der Waals surface area contributed by atoms with Gasteiger partial charge in [-0.25, -0.2) is 13.2 Å². The molecule has 0 saturated heterocycles. The topological polar surface area (TPSA) is 116 Å². The van der Waals surface area contributed by atoms with Crippen LogP contribution in [0.25, 0.3) is 0 Å². The predicted octanol–water partition coefficient (Wildman–Crippen LogP) is 5.42. The molecule has 0 aliphatic carbocycles. The lowest BCUT2D eigenvalue weighted by molar-refractivity contribution is -0.137. The van der Waals surface area contributed by atoms with E-state index in [9.17, 15) is 31.2 Å². The molecule has 0 spiro atoms. The second-order valence-electron chi connectivity index (χ2n) is 7.50. The van der Waals surface area contributed by atoms with Gasteiger partial charge in [0.2, 0.25) is 5.91 Å². The first-order valence-electron chi connectivity index (χ1n) is 10.1. The molecular weight excluding hydrogens is 485 g/mol. The summed E-state index contributed by atoms with van der Waals surface area (Å²) in [7, 11) is -4.05. The summed E-state index contributed by atoms with van der Waals surface area (Å²) in [5, 5.41) is 7.27. The summed E-state index contributed by atoms with van der Waals surface area (Å²) in [5.74, 6) is -0.268. The Labute approximate surface area is 199 Å². The molecule has 3 aromatic carbocycles. The molecule has 3 rings (SSSR count). The van der Waals surface area contributed by atoms with Crippen molar-refractivity contribution in [3.8, 4) is 0 Å². The molecular formula is C23H21F3N4O4S. The number of aryl methyl sites for hydroxylation is 1. The van der Waals surface area contributed by atoms with Crippen LogP contribution in [-0.4, -0.2) is 20.4 Å². The highest BCUT2D eigenvalue weighted by atomic mass is 32.2. The van der Waals surface area contributed by atoms with Crippen LogP contribution >= 0.6 is 0 Å². The van der Waals surface area contributed by atoms with E-state index in [-0.39, 0.29) is 27.9 Å². The maximum Gasteiger partial charge on any atom is 0.416 e. The second-order valence-corrected chi connectivity index (χ2v) is 9.15. The van der Waals surface area contributed by atoms with E-state index in [1.54, 1.807) is 6.92 Å². The lowest BCUT2D eigenvalue weighted by Gasteiger charge is -2.14. The lowest BCUT2D eigenvalue weighted by Crippen LogP contribution is -2.20. The Morgan fingerprint density at radius 1 is 0.771 bits per heavy atom. The van der Waals surface area contributed by atoms with Crippen LogP contribution in [0.3, 0.4) is 0 Å². The lowest BCUT2D eigenvalue weighted by atomic mass is 10.2. The molecule has 0 radical (unpaired) electrons. The summed E-state index contributed by atoms with van der Waals surface area (Å²) in [6, 6.07) is 13.4. The Bertz CT molecular complexity index is 1360. The van der Waals surface area contributed by atoms with Crippen LogP contribution in [0, 0.1) is 6.92 Å². The minimum Gasteiger partial charge on any atom is -0.326 e. The average Bonchev–Trinajstić information content (AvgIpc) is 2.75. The maximum atomic E-state index is 12.9. The zero-order valence-electron chi connectivity index (χ0n) is 18.5. The zero-order valence-corrected chi connectivity index (χ0v) is 19.3. The summed E-state index contributed by atoms with van der Waals surface area (Å²) in [6.07, 6.45) is -4.56. The van der Waals surface area contributed by atoms with Gasteiger partial charge in [0.25, 0.3) is 10.0 Å². The van der Waals surface area contributed by atoms with Gasteiger partial charge in [0, 0.05) is 29.7 Å². The largest absolute Gasteiger partial charge is 0.416 e. The van der Waals surface area contributed by atoms with Gasteiger partial charge in [-0.2, -0.15) is 13.2 Å². The van der Waals surface area contributed by atoms with Gasteiger partial charge in [-0.15, -0.1) is 0 Å². The van der Waals surface area contributed by atoms with E-state index >= 15 is 0 Å². The highest BCUT2D eigenvalue weighted by Crippen LogP contribution is 2.31. The van der Waals surface area contributed by atoms with Crippen molar-refractivity contribution in [2.24, 2.45) is 0 Å². The number of sulfonamides is 1. The van der Waals surface area contributed by atoms with E-state index in [4.69, 9.17) is 0 Å². The SMILES string of the molecule is CC(=O)Nc1ccc(NS(=O)(=O)c2cc(NC(=O)Nc3cccc(C(F)(F)F)c3)ccc2C)cc1. The number of urea groups is 1. The normalized spacial score (nSPS) is 11.5. The summed E-state index contributed by atoms with van der Waals surface area (Å²) in [4.78, 5) is 23.3. The number of carbonyl (C=O) groups is 2. The highest BCUT2D eigenvalue weighted by molar-refractivity contribution is 7.92. The molecule has 3 aromatic rings. The molecule has 8 nitrogen and oxygen atoms in total. The highest BCUT2D eigenvalue weighted by Gasteiger charge is 2.30. The molecule has 0 atom stereocenters. The molecule has 35 heavy (non-hydrogen) atoms. The molecule has 4 N–H and O–H groups in total. The third-order valence-corrected chi connectivity index (χ3v) is 6.16. The number of benzene rings is 3. The van der Waals surface area contributed by atoms with Gasteiger partial charge >= 0.3 is 12.2 Å². The van der Waals surface area contributed by atoms with E-state index in [1.165, 1.54) is 55.5 Å². The summed E-state index contributed by atoms with van der Waals surface area (Å²) in [5.41, 5.74) is 0.253. The predicted molar refractivity (Wildman–Crippen MR) is 127 cm³/mol. The minimum absolute atomic E-state index is 0.0818. The molecule has 12 heteroatoms. The van der Waals surface area contributed by atoms with E-state index in [0.29, 0.717) is 11.3 Å². The van der Waals surface area contributed by atoms with Crippen molar-refractivity contribution in [3.05, 3.63) is 77.9 Å². The van der Waals surface area contributed by atoms with E-state index in [1.807, 2.05) is 0 Å². The van der Waals surface area contributed by atoms with Crippen LogP contribution in [0.5, 0.6) is 0 Å². The minimum atomic E-state index is -4.56. The van der Waals surface area contributed by atoms with Crippen molar-refractivity contribution in [2.75, 3.05) is 20.7 Å². The monoisotopic (exact) mass is 506 g/mol. The number of rotatable bonds is 6. The zero-order chi connectivity index (χ0) is 25.8. The van der Waals surface area contributed by atoms with Gasteiger partial charge in [-0.05, 0) is 67.1 Å². The fourth-order valence-corrected chi connectivity index (χ4v) is 4.40. The van der Waals surface area contributed by atoms with E-state index in [2.05, 4.69) is 20.7 Å². The van der Waals surface area contributed by atoms with Gasteiger partial charge in [0.15, 0.2) is 0 Å². The molecule has 0 fully saturated rings. The van der Waals surface area contributed by atoms with Crippen molar-refractivity contribution in [1.29, 1.82) is 0 Å². The smallest absolute Gasteiger partial charge is 0.326 e. The van der Waals surface area contributed by atoms with E-state index in [0.717, 1.165) is 18.2 Å². The standard InChI is InChI=1S/C23H21F3N4O4S/c1-14-6-7-20(29-22(32)28-19-5-3-4-16(12-19)23(24,25)26)13-21(14)35(33,34)30-18-10-8-17(9-11-18)27-15(2)31/h3-13,30H,1-2H3,(H,27,31)(H2,28,29,32). The number of anilines is 4. The number of hydrogen-bond donors (Lipinski definition) is 4. The van der Waals surface area contributed by atoms with Crippen molar-refractivity contribution in [2.45, 2.75) is 24.9 Å². The van der Waals surface area contributed by atoms with Crippen LogP contribution in [0.2, 0.25) is 0 Å². The van der Waals surface area contributed by atoms with Gasteiger partial charge < -0.3 is 16.0 Å². The Morgan fingerprint density at radius 2 is 1.34 bits per heavy atom. The van der Waals surface area contributed by atoms with Crippen LogP contribution in [0.4, 0.5) is 40.7 Å². The number of carbonyl (C=O) groups excluding carboxylic acids is 2. The summed E-state index contributed by atoms with van der Waals surface area (Å²) in [6.45, 7) is 2.92. The van der Waals surface area contributed by atoms with E-state index < -0.39 is 27.8 Å². The third-order valence-electron chi connectivity index (χ3n) is 4.64. The molecule has 0 heterocycles. The molecule has 0 aliphatic heterocycles. The Morgan fingerprint density at radius 3 is 1.94 bits per heavy atom. The third kappa shape index (κ3) is 6.96. The maximum absolute atomic E-state index is 12.9. The Kier molecular flexibility index (Phi) is 7.34. The average molecular weight is 507 g/mol. The molecule has 0 unspecified atom stereocenters. The first kappa shape index (κ1) is 25.6. The van der Waals surface area contributed by atoms with Crippen LogP contribution in [0.15, 0.2) is 71.6 Å². The van der Waals surface area contributed by atoms with Crippen molar-refractivity contribution < 1.29 is 31.2 Å². The van der Waals surface area contributed by atoms with Gasteiger partial charge in [0.05, 0.1) is 10.5 Å². The Balaban J connectivity index is 1.74. The molecule has 184 valence electrons. The summed E-state index contributed by atoms with van der Waals surface area (Å²) >= 11 is 0. The van der Waals surface area contributed by atoms with Crippen LogP contribution < -0.4 is 20.7 Å². The number of hydrogen-bond acceptors (Lipinski definition) is 4. The Hall–Kier alpha value is -4.06. The van der Waals surface area contributed by atoms with Crippen molar-refractivity contribution in [1.82, 2.24) is 0 Å². The fourth-order valence-electron chi connectivity index (χ4n) is 3.07. The quantitative estimate of drug-likeness (QED) is 0.357. The van der Waals surface area contributed by atoms with Gasteiger partial charge in [-0.3, -0.25) is 9.52 Å². The van der Waals surface area contributed by atoms with Crippen LogP contribution in [0.1, 0.15) is 18.1 Å². The molecule has 0 aliphatic rings. The molecule has 3 amide bonds. The number of amides is 3. The van der Waals surface area contributed by atoms with Crippen molar-refractivity contribution >= 4 is 44.7 Å².